The van der Waals surface area contributed by atoms with Gasteiger partial charge in [0, 0.05) is 18.1 Å². The first kappa shape index (κ1) is 14.4. The molecule has 3 rings (SSSR count). The fourth-order valence-electron chi connectivity index (χ4n) is 2.37. The standard InChI is InChI=1S/C14H13Cl2N3O2/c15-9-5-10-13(11(16)6-9)17-8-18-14(10)21-7-12(20)19-3-1-2-4-19/h5-6,8H,1-4,7H2. The first-order valence-electron chi connectivity index (χ1n) is 6.65. The van der Waals surface area contributed by atoms with Crippen molar-refractivity contribution in [2.45, 2.75) is 12.8 Å². The van der Waals surface area contributed by atoms with Gasteiger partial charge in [0.05, 0.1) is 15.9 Å². The Morgan fingerprint density at radius 2 is 2.00 bits per heavy atom. The molecule has 0 aliphatic carbocycles. The molecule has 7 heteroatoms. The zero-order chi connectivity index (χ0) is 14.8. The summed E-state index contributed by atoms with van der Waals surface area (Å²) in [5, 5.41) is 1.50. The highest BCUT2D eigenvalue weighted by Gasteiger charge is 2.19. The summed E-state index contributed by atoms with van der Waals surface area (Å²) in [4.78, 5) is 22.0. The van der Waals surface area contributed by atoms with Gasteiger partial charge in [-0.15, -0.1) is 0 Å². The molecule has 1 aliphatic heterocycles. The van der Waals surface area contributed by atoms with Crippen molar-refractivity contribution in [2.75, 3.05) is 19.7 Å². The maximum Gasteiger partial charge on any atom is 0.260 e. The highest BCUT2D eigenvalue weighted by molar-refractivity contribution is 6.38. The van der Waals surface area contributed by atoms with Gasteiger partial charge in [-0.2, -0.15) is 0 Å². The molecule has 0 bridgehead atoms. The number of carbonyl (C=O) groups excluding carboxylic acids is 1. The van der Waals surface area contributed by atoms with Gasteiger partial charge >= 0.3 is 0 Å². The van der Waals surface area contributed by atoms with Crippen molar-refractivity contribution in [1.29, 1.82) is 0 Å². The lowest BCUT2D eigenvalue weighted by molar-refractivity contribution is -0.132. The Morgan fingerprint density at radius 1 is 1.24 bits per heavy atom. The second-order valence-corrected chi connectivity index (χ2v) is 5.68. The van der Waals surface area contributed by atoms with Gasteiger partial charge in [-0.3, -0.25) is 4.79 Å². The van der Waals surface area contributed by atoms with Crippen LogP contribution >= 0.6 is 23.2 Å². The molecule has 1 fully saturated rings. The number of rotatable bonds is 3. The third-order valence-corrected chi connectivity index (χ3v) is 3.92. The summed E-state index contributed by atoms with van der Waals surface area (Å²) in [6.07, 6.45) is 3.46. The zero-order valence-electron chi connectivity index (χ0n) is 11.2. The second kappa shape index (κ2) is 6.03. The number of ether oxygens (including phenoxy) is 1. The highest BCUT2D eigenvalue weighted by Crippen LogP contribution is 2.30. The third-order valence-electron chi connectivity index (χ3n) is 3.41. The molecule has 0 N–H and O–H groups in total. The fraction of sp³-hybridized carbons (Fsp3) is 0.357. The number of amides is 1. The summed E-state index contributed by atoms with van der Waals surface area (Å²) in [6.45, 7) is 1.55. The first-order chi connectivity index (χ1) is 10.1. The molecule has 1 saturated heterocycles. The van der Waals surface area contributed by atoms with E-state index in [1.165, 1.54) is 6.33 Å². The molecule has 0 spiro atoms. The summed E-state index contributed by atoms with van der Waals surface area (Å²) in [5.41, 5.74) is 0.555. The molecular weight excluding hydrogens is 313 g/mol. The predicted molar refractivity (Wildman–Crippen MR) is 80.9 cm³/mol. The van der Waals surface area contributed by atoms with E-state index in [1.54, 1.807) is 17.0 Å². The number of halogens is 2. The average molecular weight is 326 g/mol. The van der Waals surface area contributed by atoms with Crippen LogP contribution in [0, 0.1) is 0 Å². The topological polar surface area (TPSA) is 55.3 Å². The van der Waals surface area contributed by atoms with Gasteiger partial charge < -0.3 is 9.64 Å². The molecule has 0 atom stereocenters. The van der Waals surface area contributed by atoms with Crippen molar-refractivity contribution in [3.63, 3.8) is 0 Å². The van der Waals surface area contributed by atoms with E-state index in [1.807, 2.05) is 0 Å². The maximum atomic E-state index is 12.0. The smallest absolute Gasteiger partial charge is 0.260 e. The minimum Gasteiger partial charge on any atom is -0.467 e. The quantitative estimate of drug-likeness (QED) is 0.870. The number of likely N-dealkylation sites (tertiary alicyclic amines) is 1. The fourth-order valence-corrected chi connectivity index (χ4v) is 2.91. The van der Waals surface area contributed by atoms with Crippen molar-refractivity contribution >= 4 is 40.0 Å². The molecule has 2 heterocycles. The van der Waals surface area contributed by atoms with Gasteiger partial charge in [-0.1, -0.05) is 23.2 Å². The summed E-state index contributed by atoms with van der Waals surface area (Å²) < 4.78 is 5.54. The molecule has 2 aromatic rings. The monoisotopic (exact) mass is 325 g/mol. The number of aromatic nitrogens is 2. The Kier molecular flexibility index (Phi) is 4.12. The molecule has 21 heavy (non-hydrogen) atoms. The van der Waals surface area contributed by atoms with E-state index in [0.29, 0.717) is 26.8 Å². The molecule has 0 radical (unpaired) electrons. The van der Waals surface area contributed by atoms with E-state index in [0.717, 1.165) is 25.9 Å². The lowest BCUT2D eigenvalue weighted by Gasteiger charge is -2.15. The minimum absolute atomic E-state index is 0.0348. The Morgan fingerprint density at radius 3 is 2.76 bits per heavy atom. The number of nitrogens with zero attached hydrogens (tertiary/aromatic N) is 3. The molecule has 1 aromatic carbocycles. The molecule has 0 unspecified atom stereocenters. The van der Waals surface area contributed by atoms with Crippen LogP contribution in [0.3, 0.4) is 0 Å². The van der Waals surface area contributed by atoms with E-state index in [-0.39, 0.29) is 12.5 Å². The average Bonchev–Trinajstić information content (AvgIpc) is 2.99. The van der Waals surface area contributed by atoms with Crippen LogP contribution in [-0.4, -0.2) is 40.5 Å². The van der Waals surface area contributed by atoms with Gasteiger partial charge in [0.25, 0.3) is 5.91 Å². The second-order valence-electron chi connectivity index (χ2n) is 4.84. The Bertz CT molecular complexity index is 687. The molecule has 1 aromatic heterocycles. The van der Waals surface area contributed by atoms with Crippen LogP contribution < -0.4 is 4.74 Å². The predicted octanol–water partition coefficient (Wildman–Crippen LogP) is 2.94. The van der Waals surface area contributed by atoms with Crippen LogP contribution in [0.25, 0.3) is 10.9 Å². The summed E-state index contributed by atoms with van der Waals surface area (Å²) in [6, 6.07) is 3.29. The number of hydrogen-bond donors (Lipinski definition) is 0. The normalized spacial score (nSPS) is 14.7. The largest absolute Gasteiger partial charge is 0.467 e. The van der Waals surface area contributed by atoms with Crippen molar-refractivity contribution in [3.05, 3.63) is 28.5 Å². The Hall–Kier alpha value is -1.59. The summed E-state index contributed by atoms with van der Waals surface area (Å²) in [7, 11) is 0. The van der Waals surface area contributed by atoms with Crippen molar-refractivity contribution < 1.29 is 9.53 Å². The van der Waals surface area contributed by atoms with Gasteiger partial charge in [-0.25, -0.2) is 9.97 Å². The minimum atomic E-state index is -0.0454. The molecule has 1 aliphatic rings. The van der Waals surface area contributed by atoms with Crippen LogP contribution in [0.1, 0.15) is 12.8 Å². The van der Waals surface area contributed by atoms with Crippen LogP contribution in [0.4, 0.5) is 0 Å². The Labute approximate surface area is 131 Å². The summed E-state index contributed by atoms with van der Waals surface area (Å²) >= 11 is 12.1. The SMILES string of the molecule is O=C(COc1ncnc2c(Cl)cc(Cl)cc12)N1CCCC1. The van der Waals surface area contributed by atoms with Crippen LogP contribution in [-0.2, 0) is 4.79 Å². The zero-order valence-corrected chi connectivity index (χ0v) is 12.7. The van der Waals surface area contributed by atoms with Gasteiger partial charge in [0.15, 0.2) is 6.61 Å². The van der Waals surface area contributed by atoms with Crippen LogP contribution in [0.15, 0.2) is 18.5 Å². The van der Waals surface area contributed by atoms with Gasteiger partial charge in [0.1, 0.15) is 6.33 Å². The molecule has 110 valence electrons. The number of carbonyl (C=O) groups is 1. The van der Waals surface area contributed by atoms with E-state index in [9.17, 15) is 4.79 Å². The van der Waals surface area contributed by atoms with Gasteiger partial charge in [-0.05, 0) is 25.0 Å². The van der Waals surface area contributed by atoms with E-state index in [4.69, 9.17) is 27.9 Å². The number of hydrogen-bond acceptors (Lipinski definition) is 4. The number of fused-ring (bicyclic) bond motifs is 1. The maximum absolute atomic E-state index is 12.0. The molecule has 0 saturated carbocycles. The Balaban J connectivity index is 1.82. The highest BCUT2D eigenvalue weighted by atomic mass is 35.5. The van der Waals surface area contributed by atoms with E-state index >= 15 is 0 Å². The third kappa shape index (κ3) is 3.04. The van der Waals surface area contributed by atoms with E-state index < -0.39 is 0 Å². The van der Waals surface area contributed by atoms with Crippen molar-refractivity contribution in [1.82, 2.24) is 14.9 Å². The first-order valence-corrected chi connectivity index (χ1v) is 7.41. The van der Waals surface area contributed by atoms with Gasteiger partial charge in [0.2, 0.25) is 5.88 Å². The van der Waals surface area contributed by atoms with Crippen LogP contribution in [0.5, 0.6) is 5.88 Å². The molecular formula is C14H13Cl2N3O2. The van der Waals surface area contributed by atoms with E-state index in [2.05, 4.69) is 9.97 Å². The molecule has 1 amide bonds. The van der Waals surface area contributed by atoms with Crippen molar-refractivity contribution in [3.8, 4) is 5.88 Å². The van der Waals surface area contributed by atoms with Crippen molar-refractivity contribution in [2.24, 2.45) is 0 Å². The summed E-state index contributed by atoms with van der Waals surface area (Å²) in [5.74, 6) is 0.282. The molecule has 5 nitrogen and oxygen atoms in total. The lowest BCUT2D eigenvalue weighted by Crippen LogP contribution is -2.32. The number of benzene rings is 1. The van der Waals surface area contributed by atoms with Crippen LogP contribution in [0.2, 0.25) is 10.0 Å². The lowest BCUT2D eigenvalue weighted by atomic mass is 10.2.